The number of cyclic esters (lactones) is 1. The molecular formula is C23H24FN5O4. The van der Waals surface area contributed by atoms with Crippen molar-refractivity contribution in [2.75, 3.05) is 43.0 Å². The second-order valence-corrected chi connectivity index (χ2v) is 8.21. The van der Waals surface area contributed by atoms with Crippen LogP contribution in [-0.2, 0) is 9.53 Å². The lowest BCUT2D eigenvalue weighted by atomic mass is 10.1. The van der Waals surface area contributed by atoms with Crippen LogP contribution in [0.4, 0.5) is 20.6 Å². The number of anilines is 2. The van der Waals surface area contributed by atoms with Gasteiger partial charge in [0.05, 0.1) is 17.6 Å². The molecule has 3 heterocycles. The van der Waals surface area contributed by atoms with Gasteiger partial charge >= 0.3 is 6.09 Å². The first-order chi connectivity index (χ1) is 15.9. The summed E-state index contributed by atoms with van der Waals surface area (Å²) in [6.45, 7) is 3.95. The monoisotopic (exact) mass is 453 g/mol. The van der Waals surface area contributed by atoms with Gasteiger partial charge in [-0.05, 0) is 30.3 Å². The van der Waals surface area contributed by atoms with Gasteiger partial charge in [-0.25, -0.2) is 9.18 Å². The number of aromatic nitrogens is 1. The molecule has 33 heavy (non-hydrogen) atoms. The highest BCUT2D eigenvalue weighted by molar-refractivity contribution is 5.91. The van der Waals surface area contributed by atoms with Crippen LogP contribution < -0.4 is 9.80 Å². The molecule has 2 amide bonds. The lowest BCUT2D eigenvalue weighted by Crippen LogP contribution is -2.60. The number of hydrogen-bond acceptors (Lipinski definition) is 7. The zero-order valence-electron chi connectivity index (χ0n) is 18.3. The molecule has 5 rings (SSSR count). The highest BCUT2D eigenvalue weighted by Gasteiger charge is 2.49. The molecule has 2 aliphatic rings. The highest BCUT2D eigenvalue weighted by Crippen LogP contribution is 2.33. The Bertz CT molecular complexity index is 1190. The van der Waals surface area contributed by atoms with E-state index in [1.54, 1.807) is 25.4 Å². The van der Waals surface area contributed by atoms with E-state index in [9.17, 15) is 14.0 Å². The number of benzene rings is 2. The molecule has 0 bridgehead atoms. The van der Waals surface area contributed by atoms with E-state index in [0.29, 0.717) is 31.9 Å². The number of nitrogens with zero attached hydrogens (tertiary/aromatic N) is 5. The Labute approximate surface area is 189 Å². The van der Waals surface area contributed by atoms with Crippen LogP contribution in [0.2, 0.25) is 0 Å². The third-order valence-electron chi connectivity index (χ3n) is 6.29. The molecule has 2 aromatic carbocycles. The topological polar surface area (TPSA) is 82.4 Å². The standard InChI is InChI=1S/C23H24FN5O4/c1-15(30)26(2)22-21(29(23(31)32-22)18-7-4-6-17(24)13-18)28-11-9-27(10-12-28)19-8-3-5-16-14-25-33-20(16)19/h3-8,13-14,21-22H,9-12H2,1-2H3. The molecule has 172 valence electrons. The molecule has 2 atom stereocenters. The van der Waals surface area contributed by atoms with Crippen molar-refractivity contribution >= 4 is 34.3 Å². The average molecular weight is 453 g/mol. The number of amides is 2. The smallest absolute Gasteiger partial charge is 0.417 e. The maximum absolute atomic E-state index is 14.0. The Hall–Kier alpha value is -3.66. The van der Waals surface area contributed by atoms with Crippen molar-refractivity contribution in [1.29, 1.82) is 0 Å². The molecule has 2 aliphatic heterocycles. The van der Waals surface area contributed by atoms with Gasteiger partial charge in [0.2, 0.25) is 12.1 Å². The Morgan fingerprint density at radius 1 is 1.15 bits per heavy atom. The zero-order chi connectivity index (χ0) is 23.1. The third-order valence-corrected chi connectivity index (χ3v) is 6.29. The minimum atomic E-state index is -0.817. The van der Waals surface area contributed by atoms with Crippen LogP contribution in [0.3, 0.4) is 0 Å². The van der Waals surface area contributed by atoms with Crippen LogP contribution in [0.15, 0.2) is 53.2 Å². The van der Waals surface area contributed by atoms with Crippen molar-refractivity contribution < 1.29 is 23.2 Å². The Kier molecular flexibility index (Phi) is 5.37. The number of carbonyl (C=O) groups is 2. The van der Waals surface area contributed by atoms with Gasteiger partial charge in [-0.15, -0.1) is 0 Å². The lowest BCUT2D eigenvalue weighted by Gasteiger charge is -2.42. The summed E-state index contributed by atoms with van der Waals surface area (Å²) < 4.78 is 25.0. The summed E-state index contributed by atoms with van der Waals surface area (Å²) in [5.41, 5.74) is 2.09. The first kappa shape index (κ1) is 21.2. The SMILES string of the molecule is CC(=O)N(C)C1OC(=O)N(c2cccc(F)c2)C1N1CCN(c2cccc3cnoc23)CC1. The normalized spacial score (nSPS) is 21.5. The first-order valence-electron chi connectivity index (χ1n) is 10.8. The summed E-state index contributed by atoms with van der Waals surface area (Å²) in [6.07, 6.45) is -0.327. The number of rotatable bonds is 4. The molecule has 0 spiro atoms. The van der Waals surface area contributed by atoms with Gasteiger partial charge in [0.1, 0.15) is 5.82 Å². The summed E-state index contributed by atoms with van der Waals surface area (Å²) >= 11 is 0. The fraction of sp³-hybridized carbons (Fsp3) is 0.348. The summed E-state index contributed by atoms with van der Waals surface area (Å²) in [4.78, 5) is 32.1. The van der Waals surface area contributed by atoms with E-state index in [1.165, 1.54) is 28.9 Å². The first-order valence-corrected chi connectivity index (χ1v) is 10.8. The fourth-order valence-corrected chi connectivity index (χ4v) is 4.50. The zero-order valence-corrected chi connectivity index (χ0v) is 18.3. The minimum Gasteiger partial charge on any atom is -0.421 e. The summed E-state index contributed by atoms with van der Waals surface area (Å²) in [5, 5.41) is 4.83. The molecule has 0 saturated carbocycles. The number of ether oxygens (including phenoxy) is 1. The number of likely N-dealkylation sites (N-methyl/N-ethyl adjacent to an activating group) is 1. The van der Waals surface area contributed by atoms with Gasteiger partial charge in [-0.3, -0.25) is 14.6 Å². The Morgan fingerprint density at radius 3 is 2.64 bits per heavy atom. The van der Waals surface area contributed by atoms with Gasteiger partial charge in [0, 0.05) is 45.5 Å². The van der Waals surface area contributed by atoms with Crippen LogP contribution in [0.1, 0.15) is 6.92 Å². The molecule has 3 aromatic rings. The second-order valence-electron chi connectivity index (χ2n) is 8.21. The molecule has 9 nitrogen and oxygen atoms in total. The molecule has 2 unspecified atom stereocenters. The highest BCUT2D eigenvalue weighted by atomic mass is 19.1. The molecule has 2 fully saturated rings. The maximum Gasteiger partial charge on any atom is 0.417 e. The lowest BCUT2D eigenvalue weighted by molar-refractivity contribution is -0.137. The molecule has 0 radical (unpaired) electrons. The van der Waals surface area contributed by atoms with Gasteiger partial charge in [-0.1, -0.05) is 17.3 Å². The van der Waals surface area contributed by atoms with E-state index in [1.807, 2.05) is 18.2 Å². The van der Waals surface area contributed by atoms with E-state index in [4.69, 9.17) is 9.26 Å². The van der Waals surface area contributed by atoms with E-state index < -0.39 is 24.3 Å². The number of hydrogen-bond donors (Lipinski definition) is 0. The van der Waals surface area contributed by atoms with Crippen LogP contribution in [0, 0.1) is 5.82 Å². The summed E-state index contributed by atoms with van der Waals surface area (Å²) in [7, 11) is 1.60. The van der Waals surface area contributed by atoms with Crippen molar-refractivity contribution in [3.05, 3.63) is 54.5 Å². The van der Waals surface area contributed by atoms with E-state index >= 15 is 0 Å². The molecule has 2 saturated heterocycles. The number of carbonyl (C=O) groups excluding carboxylic acids is 2. The van der Waals surface area contributed by atoms with E-state index in [0.717, 1.165) is 16.7 Å². The largest absolute Gasteiger partial charge is 0.421 e. The van der Waals surface area contributed by atoms with Crippen molar-refractivity contribution in [2.45, 2.75) is 19.3 Å². The third kappa shape index (κ3) is 3.76. The number of fused-ring (bicyclic) bond motifs is 1. The van der Waals surface area contributed by atoms with E-state index in [2.05, 4.69) is 15.0 Å². The van der Waals surface area contributed by atoms with Gasteiger partial charge in [0.25, 0.3) is 0 Å². The quantitative estimate of drug-likeness (QED) is 0.601. The van der Waals surface area contributed by atoms with Gasteiger partial charge in [-0.2, -0.15) is 0 Å². The van der Waals surface area contributed by atoms with Crippen molar-refractivity contribution in [3.63, 3.8) is 0 Å². The van der Waals surface area contributed by atoms with Crippen LogP contribution in [-0.4, -0.2) is 72.6 Å². The summed E-state index contributed by atoms with van der Waals surface area (Å²) in [5.74, 6) is -0.679. The van der Waals surface area contributed by atoms with Crippen LogP contribution in [0.5, 0.6) is 0 Å². The van der Waals surface area contributed by atoms with E-state index in [-0.39, 0.29) is 5.91 Å². The number of piperazine rings is 1. The number of para-hydroxylation sites is 1. The second kappa shape index (κ2) is 8.36. The average Bonchev–Trinajstić information content (AvgIpc) is 3.43. The van der Waals surface area contributed by atoms with Gasteiger partial charge in [0.15, 0.2) is 11.7 Å². The van der Waals surface area contributed by atoms with Crippen LogP contribution in [0.25, 0.3) is 11.0 Å². The maximum atomic E-state index is 14.0. The fourth-order valence-electron chi connectivity index (χ4n) is 4.50. The van der Waals surface area contributed by atoms with Crippen molar-refractivity contribution in [2.24, 2.45) is 0 Å². The van der Waals surface area contributed by atoms with Crippen molar-refractivity contribution in [1.82, 2.24) is 15.0 Å². The number of halogens is 1. The Morgan fingerprint density at radius 2 is 1.91 bits per heavy atom. The minimum absolute atomic E-state index is 0.227. The van der Waals surface area contributed by atoms with Crippen molar-refractivity contribution in [3.8, 4) is 0 Å². The molecule has 0 N–H and O–H groups in total. The predicted octanol–water partition coefficient (Wildman–Crippen LogP) is 2.88. The molecule has 10 heteroatoms. The Balaban J connectivity index is 1.42. The molecule has 0 aliphatic carbocycles. The predicted molar refractivity (Wildman–Crippen MR) is 119 cm³/mol. The molecule has 1 aromatic heterocycles. The summed E-state index contributed by atoms with van der Waals surface area (Å²) in [6, 6.07) is 11.7. The molecular weight excluding hydrogens is 429 g/mol. The van der Waals surface area contributed by atoms with Gasteiger partial charge < -0.3 is 19.1 Å². The van der Waals surface area contributed by atoms with Crippen LogP contribution >= 0.6 is 0 Å².